The molecular weight excluding hydrogens is 477 g/mol. The topological polar surface area (TPSA) is 115 Å². The highest BCUT2D eigenvalue weighted by atomic mass is 35.5. The Kier molecular flexibility index (Phi) is 5.32. The number of rotatable bonds is 4. The van der Waals surface area contributed by atoms with Crippen LogP contribution in [0.2, 0.25) is 15.1 Å². The van der Waals surface area contributed by atoms with Crippen LogP contribution in [0.1, 0.15) is 16.8 Å². The maximum atomic E-state index is 12.8. The number of nitrogens with zero attached hydrogens (tertiary/aromatic N) is 5. The molecule has 1 amide bonds. The van der Waals surface area contributed by atoms with Crippen LogP contribution in [0.5, 0.6) is 0 Å². The van der Waals surface area contributed by atoms with Gasteiger partial charge in [-0.1, -0.05) is 40.0 Å². The molecule has 12 heteroatoms. The van der Waals surface area contributed by atoms with Gasteiger partial charge in [-0.15, -0.1) is 10.2 Å². The SMILES string of the molecule is Nc1noc2c(N3CCC(NC(=O)c4ccc(-n5cnnc5)cc4Cl)C3)cc(Cl)c(Cl)c12. The Hall–Kier alpha value is -3.01. The molecule has 2 aromatic carbocycles. The number of carbonyl (C=O) groups is 1. The van der Waals surface area contributed by atoms with E-state index in [9.17, 15) is 4.79 Å². The molecule has 1 aliphatic rings. The van der Waals surface area contributed by atoms with Crippen molar-refractivity contribution in [2.45, 2.75) is 12.5 Å². The quantitative estimate of drug-likeness (QED) is 0.443. The number of halogens is 3. The van der Waals surface area contributed by atoms with E-state index in [1.54, 1.807) is 41.5 Å². The minimum absolute atomic E-state index is 0.0964. The summed E-state index contributed by atoms with van der Waals surface area (Å²) in [6.45, 7) is 1.23. The van der Waals surface area contributed by atoms with Crippen LogP contribution in [0, 0.1) is 0 Å². The van der Waals surface area contributed by atoms with Gasteiger partial charge in [-0.05, 0) is 30.7 Å². The van der Waals surface area contributed by atoms with Crippen LogP contribution in [0.25, 0.3) is 16.7 Å². The van der Waals surface area contributed by atoms with Crippen molar-refractivity contribution < 1.29 is 9.32 Å². The summed E-state index contributed by atoms with van der Waals surface area (Å²) in [5, 5.41) is 15.9. The van der Waals surface area contributed by atoms with E-state index in [1.165, 1.54) is 0 Å². The van der Waals surface area contributed by atoms with E-state index < -0.39 is 0 Å². The van der Waals surface area contributed by atoms with Gasteiger partial charge < -0.3 is 20.5 Å². The molecule has 0 spiro atoms. The van der Waals surface area contributed by atoms with E-state index in [2.05, 4.69) is 25.6 Å². The number of hydrogen-bond acceptors (Lipinski definition) is 7. The van der Waals surface area contributed by atoms with E-state index in [0.29, 0.717) is 44.7 Å². The second kappa shape index (κ2) is 8.16. The van der Waals surface area contributed by atoms with Crippen LogP contribution in [0.4, 0.5) is 11.5 Å². The highest BCUT2D eigenvalue weighted by Crippen LogP contribution is 2.41. The summed E-state index contributed by atoms with van der Waals surface area (Å²) in [5.41, 5.74) is 8.23. The molecule has 9 nitrogen and oxygen atoms in total. The van der Waals surface area contributed by atoms with Crippen LogP contribution < -0.4 is 16.0 Å². The summed E-state index contributed by atoms with van der Waals surface area (Å²) in [7, 11) is 0. The second-order valence-corrected chi connectivity index (χ2v) is 8.59. The summed E-state index contributed by atoms with van der Waals surface area (Å²) in [4.78, 5) is 14.9. The smallest absolute Gasteiger partial charge is 0.253 e. The molecule has 2 aromatic heterocycles. The number of carbonyl (C=O) groups excluding carboxylic acids is 1. The third-order valence-electron chi connectivity index (χ3n) is 5.42. The molecule has 0 radical (unpaired) electrons. The Morgan fingerprint density at radius 1 is 1.16 bits per heavy atom. The molecule has 1 fully saturated rings. The lowest BCUT2D eigenvalue weighted by atomic mass is 10.1. The first kappa shape index (κ1) is 20.9. The van der Waals surface area contributed by atoms with E-state index in [0.717, 1.165) is 17.8 Å². The predicted octanol–water partition coefficient (Wildman–Crippen LogP) is 3.96. The van der Waals surface area contributed by atoms with E-state index in [-0.39, 0.29) is 17.8 Å². The Labute approximate surface area is 197 Å². The third kappa shape index (κ3) is 3.62. The van der Waals surface area contributed by atoms with E-state index >= 15 is 0 Å². The molecule has 3 N–H and O–H groups in total. The molecule has 1 atom stereocenters. The van der Waals surface area contributed by atoms with Gasteiger partial charge in [0.2, 0.25) is 0 Å². The Balaban J connectivity index is 1.32. The molecule has 0 bridgehead atoms. The maximum Gasteiger partial charge on any atom is 0.253 e. The van der Waals surface area contributed by atoms with Crippen LogP contribution in [0.3, 0.4) is 0 Å². The molecule has 164 valence electrons. The number of nitrogen functional groups attached to an aromatic ring is 1. The Morgan fingerprint density at radius 2 is 1.94 bits per heavy atom. The van der Waals surface area contributed by atoms with Gasteiger partial charge in [-0.2, -0.15) is 0 Å². The molecule has 0 saturated carbocycles. The average molecular weight is 493 g/mol. The number of nitrogens with one attached hydrogen (secondary N) is 1. The lowest BCUT2D eigenvalue weighted by Gasteiger charge is -2.20. The third-order valence-corrected chi connectivity index (χ3v) is 6.52. The lowest BCUT2D eigenvalue weighted by molar-refractivity contribution is 0.0940. The summed E-state index contributed by atoms with van der Waals surface area (Å²) in [6.07, 6.45) is 3.84. The summed E-state index contributed by atoms with van der Waals surface area (Å²) in [6, 6.07) is 6.79. The molecule has 1 unspecified atom stereocenters. The van der Waals surface area contributed by atoms with Gasteiger partial charge in [0, 0.05) is 24.8 Å². The number of hydrogen-bond donors (Lipinski definition) is 2. The molecule has 0 aliphatic carbocycles. The number of fused-ring (bicyclic) bond motifs is 1. The van der Waals surface area contributed by atoms with E-state index in [1.807, 2.05) is 0 Å². The van der Waals surface area contributed by atoms with Crippen molar-refractivity contribution >= 4 is 63.2 Å². The van der Waals surface area contributed by atoms with Crippen molar-refractivity contribution in [1.29, 1.82) is 0 Å². The molecule has 1 aliphatic heterocycles. The zero-order chi connectivity index (χ0) is 22.4. The first-order chi connectivity index (χ1) is 15.4. The number of benzene rings is 2. The summed E-state index contributed by atoms with van der Waals surface area (Å²) >= 11 is 18.9. The molecule has 32 heavy (non-hydrogen) atoms. The number of nitrogens with two attached hydrogens (primary N) is 1. The second-order valence-electron chi connectivity index (χ2n) is 7.40. The summed E-state index contributed by atoms with van der Waals surface area (Å²) < 4.78 is 7.10. The van der Waals surface area contributed by atoms with E-state index in [4.69, 9.17) is 45.1 Å². The van der Waals surface area contributed by atoms with Gasteiger partial charge in [-0.3, -0.25) is 9.36 Å². The highest BCUT2D eigenvalue weighted by molar-refractivity contribution is 6.46. The van der Waals surface area contributed by atoms with Crippen LogP contribution >= 0.6 is 34.8 Å². The lowest BCUT2D eigenvalue weighted by Crippen LogP contribution is -2.37. The molecule has 1 saturated heterocycles. The number of anilines is 2. The standard InChI is InChI=1S/C20H16Cl3N7O2/c21-13-5-11(30-8-25-26-9-30)1-2-12(13)20(31)27-10-3-4-29(7-10)15-6-14(22)17(23)16-18(15)32-28-19(16)24/h1-2,5-6,8-10H,3-4,7H2,(H2,24,28)(H,27,31). The summed E-state index contributed by atoms with van der Waals surface area (Å²) in [5.74, 6) is -0.0669. The zero-order valence-corrected chi connectivity index (χ0v) is 18.7. The first-order valence-electron chi connectivity index (χ1n) is 9.65. The van der Waals surface area contributed by atoms with Gasteiger partial charge in [0.1, 0.15) is 12.7 Å². The average Bonchev–Trinajstić information content (AvgIpc) is 3.52. The normalized spacial score (nSPS) is 16.1. The van der Waals surface area contributed by atoms with Crippen molar-refractivity contribution in [3.8, 4) is 5.69 Å². The molecule has 4 aromatic rings. The number of aromatic nitrogens is 4. The van der Waals surface area contributed by atoms with Crippen LogP contribution in [0.15, 0.2) is 41.4 Å². The van der Waals surface area contributed by atoms with Crippen LogP contribution in [-0.4, -0.2) is 45.0 Å². The minimum atomic E-state index is -0.250. The van der Waals surface area contributed by atoms with Gasteiger partial charge in [0.05, 0.1) is 31.7 Å². The largest absolute Gasteiger partial charge is 0.380 e. The zero-order valence-electron chi connectivity index (χ0n) is 16.4. The highest BCUT2D eigenvalue weighted by Gasteiger charge is 2.29. The first-order valence-corrected chi connectivity index (χ1v) is 10.8. The van der Waals surface area contributed by atoms with Crippen molar-refractivity contribution in [2.75, 3.05) is 23.7 Å². The maximum absolute atomic E-state index is 12.8. The fourth-order valence-electron chi connectivity index (χ4n) is 3.84. The fraction of sp³-hybridized carbons (Fsp3) is 0.200. The monoisotopic (exact) mass is 491 g/mol. The molecular formula is C20H16Cl3N7O2. The van der Waals surface area contributed by atoms with Gasteiger partial charge in [-0.25, -0.2) is 0 Å². The minimum Gasteiger partial charge on any atom is -0.380 e. The fourth-order valence-corrected chi connectivity index (χ4v) is 4.53. The van der Waals surface area contributed by atoms with Crippen molar-refractivity contribution in [2.24, 2.45) is 0 Å². The van der Waals surface area contributed by atoms with Gasteiger partial charge >= 0.3 is 0 Å². The number of amides is 1. The molecule has 3 heterocycles. The van der Waals surface area contributed by atoms with Crippen molar-refractivity contribution in [3.05, 3.63) is 57.6 Å². The van der Waals surface area contributed by atoms with Gasteiger partial charge in [0.15, 0.2) is 11.4 Å². The van der Waals surface area contributed by atoms with Gasteiger partial charge in [0.25, 0.3) is 5.91 Å². The van der Waals surface area contributed by atoms with Crippen molar-refractivity contribution in [3.63, 3.8) is 0 Å². The predicted molar refractivity (Wildman–Crippen MR) is 123 cm³/mol. The molecule has 5 rings (SSSR count). The van der Waals surface area contributed by atoms with Crippen LogP contribution in [-0.2, 0) is 0 Å². The van der Waals surface area contributed by atoms with Crippen molar-refractivity contribution in [1.82, 2.24) is 25.2 Å². The Bertz CT molecular complexity index is 1320. The Morgan fingerprint density at radius 3 is 2.69 bits per heavy atom.